The number of nitriles is 1. The standard InChI is InChI=1S/C27H27N7O/c1-18(2)27(35)33-12-11-32(15-19(33)3)25-24-22(21-7-5-4-6-8-21)16-34(26(24)31-17-30-25)23-13-20(14-28)9-10-29-23/h4-10,13,16-19H,11-12,15H2,1-3H3/t19-/m1/s1. The molecule has 1 aromatic carbocycles. The van der Waals surface area contributed by atoms with Crippen molar-refractivity contribution in [2.45, 2.75) is 26.8 Å². The highest BCUT2D eigenvalue weighted by Gasteiger charge is 2.31. The van der Waals surface area contributed by atoms with E-state index in [1.165, 1.54) is 0 Å². The molecule has 0 aliphatic carbocycles. The molecular formula is C27H27N7O. The van der Waals surface area contributed by atoms with Crippen LogP contribution in [-0.2, 0) is 4.79 Å². The zero-order valence-corrected chi connectivity index (χ0v) is 20.1. The van der Waals surface area contributed by atoms with Gasteiger partial charge < -0.3 is 9.80 Å². The van der Waals surface area contributed by atoms with Crippen LogP contribution in [0.1, 0.15) is 26.3 Å². The summed E-state index contributed by atoms with van der Waals surface area (Å²) in [5.41, 5.74) is 3.30. The van der Waals surface area contributed by atoms with Gasteiger partial charge in [0.1, 0.15) is 18.0 Å². The SMILES string of the molecule is CC(C)C(=O)N1CCN(c2ncnc3c2c(-c2ccccc2)cn3-c2cc(C#N)ccn2)C[C@H]1C. The zero-order valence-electron chi connectivity index (χ0n) is 20.1. The molecule has 0 radical (unpaired) electrons. The van der Waals surface area contributed by atoms with E-state index in [1.807, 2.05) is 47.7 Å². The first-order valence-corrected chi connectivity index (χ1v) is 11.8. The number of anilines is 1. The summed E-state index contributed by atoms with van der Waals surface area (Å²) < 4.78 is 1.92. The van der Waals surface area contributed by atoms with Crippen LogP contribution >= 0.6 is 0 Å². The Hall–Kier alpha value is -4.25. The quantitative estimate of drug-likeness (QED) is 0.452. The zero-order chi connectivity index (χ0) is 24.5. The van der Waals surface area contributed by atoms with Gasteiger partial charge in [-0.1, -0.05) is 44.2 Å². The fourth-order valence-electron chi connectivity index (χ4n) is 4.73. The summed E-state index contributed by atoms with van der Waals surface area (Å²) in [6.45, 7) is 8.00. The Kier molecular flexibility index (Phi) is 5.91. The highest BCUT2D eigenvalue weighted by molar-refractivity contribution is 6.02. The minimum Gasteiger partial charge on any atom is -0.352 e. The number of fused-ring (bicyclic) bond motifs is 1. The van der Waals surface area contributed by atoms with Gasteiger partial charge in [-0.3, -0.25) is 9.36 Å². The maximum absolute atomic E-state index is 12.7. The molecule has 1 amide bonds. The van der Waals surface area contributed by atoms with Gasteiger partial charge >= 0.3 is 0 Å². The number of benzene rings is 1. The van der Waals surface area contributed by atoms with Crippen LogP contribution in [0.3, 0.4) is 0 Å². The summed E-state index contributed by atoms with van der Waals surface area (Å²) in [6.07, 6.45) is 5.23. The Morgan fingerprint density at radius 1 is 1.11 bits per heavy atom. The fraction of sp³-hybridized carbons (Fsp3) is 0.296. The molecule has 0 N–H and O–H groups in total. The third kappa shape index (κ3) is 4.10. The maximum atomic E-state index is 12.7. The van der Waals surface area contributed by atoms with E-state index in [-0.39, 0.29) is 17.9 Å². The summed E-state index contributed by atoms with van der Waals surface area (Å²) in [5.74, 6) is 1.63. The second kappa shape index (κ2) is 9.18. The van der Waals surface area contributed by atoms with Crippen molar-refractivity contribution in [3.63, 3.8) is 0 Å². The third-order valence-electron chi connectivity index (χ3n) is 6.47. The van der Waals surface area contributed by atoms with Crippen LogP contribution < -0.4 is 4.90 Å². The smallest absolute Gasteiger partial charge is 0.225 e. The van der Waals surface area contributed by atoms with E-state index in [1.54, 1.807) is 24.7 Å². The van der Waals surface area contributed by atoms with E-state index in [9.17, 15) is 10.1 Å². The highest BCUT2D eigenvalue weighted by Crippen LogP contribution is 2.37. The van der Waals surface area contributed by atoms with Crippen LogP contribution in [0.15, 0.2) is 61.2 Å². The highest BCUT2D eigenvalue weighted by atomic mass is 16.2. The molecule has 0 spiro atoms. The maximum Gasteiger partial charge on any atom is 0.225 e. The lowest BCUT2D eigenvalue weighted by Gasteiger charge is -2.41. The van der Waals surface area contributed by atoms with Crippen LogP contribution in [-0.4, -0.2) is 56.0 Å². The molecule has 35 heavy (non-hydrogen) atoms. The molecule has 4 aromatic rings. The van der Waals surface area contributed by atoms with E-state index < -0.39 is 0 Å². The lowest BCUT2D eigenvalue weighted by Crippen LogP contribution is -2.55. The Balaban J connectivity index is 1.64. The van der Waals surface area contributed by atoms with Gasteiger partial charge in [-0.15, -0.1) is 0 Å². The first kappa shape index (κ1) is 22.5. The monoisotopic (exact) mass is 465 g/mol. The minimum atomic E-state index is -0.0230. The first-order valence-electron chi connectivity index (χ1n) is 11.8. The number of nitrogens with zero attached hydrogens (tertiary/aromatic N) is 7. The molecule has 1 saturated heterocycles. The molecule has 5 rings (SSSR count). The molecule has 1 aliphatic rings. The van der Waals surface area contributed by atoms with E-state index in [0.717, 1.165) is 28.0 Å². The van der Waals surface area contributed by atoms with Crippen LogP contribution in [0.5, 0.6) is 0 Å². The number of pyridine rings is 1. The van der Waals surface area contributed by atoms with E-state index in [2.05, 4.69) is 40.0 Å². The van der Waals surface area contributed by atoms with Gasteiger partial charge in [0.25, 0.3) is 0 Å². The molecule has 1 fully saturated rings. The van der Waals surface area contributed by atoms with Crippen molar-refractivity contribution in [2.75, 3.05) is 24.5 Å². The molecule has 3 aromatic heterocycles. The predicted molar refractivity (Wildman–Crippen MR) is 135 cm³/mol. The van der Waals surface area contributed by atoms with Gasteiger partial charge in [0.05, 0.1) is 17.0 Å². The van der Waals surface area contributed by atoms with E-state index in [0.29, 0.717) is 31.0 Å². The van der Waals surface area contributed by atoms with Crippen molar-refractivity contribution in [1.29, 1.82) is 5.26 Å². The van der Waals surface area contributed by atoms with Gasteiger partial charge in [0.2, 0.25) is 5.91 Å². The minimum absolute atomic E-state index is 0.0230. The van der Waals surface area contributed by atoms with Crippen molar-refractivity contribution in [2.24, 2.45) is 5.92 Å². The number of hydrogen-bond acceptors (Lipinski definition) is 6. The molecule has 0 unspecified atom stereocenters. The van der Waals surface area contributed by atoms with Crippen LogP contribution in [0.2, 0.25) is 0 Å². The average molecular weight is 466 g/mol. The molecule has 4 heterocycles. The molecule has 0 saturated carbocycles. The second-order valence-corrected chi connectivity index (χ2v) is 9.17. The normalized spacial score (nSPS) is 16.0. The van der Waals surface area contributed by atoms with Gasteiger partial charge in [0.15, 0.2) is 5.65 Å². The molecule has 0 bridgehead atoms. The summed E-state index contributed by atoms with van der Waals surface area (Å²) >= 11 is 0. The Labute approximate surface area is 204 Å². The number of amides is 1. The largest absolute Gasteiger partial charge is 0.352 e. The molecule has 1 aliphatic heterocycles. The van der Waals surface area contributed by atoms with Gasteiger partial charge in [-0.2, -0.15) is 5.26 Å². The van der Waals surface area contributed by atoms with Crippen molar-refractivity contribution in [1.82, 2.24) is 24.4 Å². The number of carbonyl (C=O) groups is 1. The van der Waals surface area contributed by atoms with Crippen molar-refractivity contribution in [3.05, 3.63) is 66.7 Å². The van der Waals surface area contributed by atoms with Crippen LogP contribution in [0.25, 0.3) is 28.0 Å². The number of carbonyl (C=O) groups excluding carboxylic acids is 1. The first-order chi connectivity index (χ1) is 17.0. The summed E-state index contributed by atoms with van der Waals surface area (Å²) in [6, 6.07) is 15.8. The number of aromatic nitrogens is 4. The lowest BCUT2D eigenvalue weighted by molar-refractivity contribution is -0.136. The molecule has 8 nitrogen and oxygen atoms in total. The molecular weight excluding hydrogens is 438 g/mol. The fourth-order valence-corrected chi connectivity index (χ4v) is 4.73. The number of rotatable bonds is 4. The Morgan fingerprint density at radius 2 is 1.91 bits per heavy atom. The Morgan fingerprint density at radius 3 is 2.63 bits per heavy atom. The van der Waals surface area contributed by atoms with Crippen molar-refractivity contribution in [3.8, 4) is 23.0 Å². The van der Waals surface area contributed by atoms with Crippen molar-refractivity contribution < 1.29 is 4.79 Å². The Bertz CT molecular complexity index is 1420. The van der Waals surface area contributed by atoms with E-state index in [4.69, 9.17) is 4.98 Å². The topological polar surface area (TPSA) is 90.9 Å². The lowest BCUT2D eigenvalue weighted by atomic mass is 10.0. The summed E-state index contributed by atoms with van der Waals surface area (Å²) in [4.78, 5) is 30.7. The van der Waals surface area contributed by atoms with Gasteiger partial charge in [-0.25, -0.2) is 15.0 Å². The van der Waals surface area contributed by atoms with E-state index >= 15 is 0 Å². The third-order valence-corrected chi connectivity index (χ3v) is 6.47. The molecule has 176 valence electrons. The number of hydrogen-bond donors (Lipinski definition) is 0. The molecule has 8 heteroatoms. The van der Waals surface area contributed by atoms with Crippen molar-refractivity contribution >= 4 is 22.8 Å². The van der Waals surface area contributed by atoms with Gasteiger partial charge in [-0.05, 0) is 24.6 Å². The number of piperazine rings is 1. The summed E-state index contributed by atoms with van der Waals surface area (Å²) in [5, 5.41) is 10.3. The van der Waals surface area contributed by atoms with Crippen LogP contribution in [0, 0.1) is 17.2 Å². The average Bonchev–Trinajstić information content (AvgIpc) is 3.29. The van der Waals surface area contributed by atoms with Crippen LogP contribution in [0.4, 0.5) is 5.82 Å². The second-order valence-electron chi connectivity index (χ2n) is 9.17. The molecule has 1 atom stereocenters. The predicted octanol–water partition coefficient (Wildman–Crippen LogP) is 4.05. The van der Waals surface area contributed by atoms with Gasteiger partial charge in [0, 0.05) is 49.6 Å². The summed E-state index contributed by atoms with van der Waals surface area (Å²) in [7, 11) is 0.